The number of alkyl halides is 3. The molecule has 0 atom stereocenters. The second kappa shape index (κ2) is 4.07. The largest absolute Gasteiger partial charge is 0.383 e. The van der Waals surface area contributed by atoms with Gasteiger partial charge in [0, 0.05) is 0 Å². The van der Waals surface area contributed by atoms with Gasteiger partial charge in [0.2, 0.25) is 0 Å². The maximum atomic E-state index is 12.2. The third-order valence-corrected chi connectivity index (χ3v) is 2.05. The monoisotopic (exact) mass is 226 g/mol. The fraction of sp³-hybridized carbons (Fsp3) is 0.286. The SMILES string of the molecule is Nc1nc(CCl)c(Cl)cc1C(F)F. The van der Waals surface area contributed by atoms with Crippen LogP contribution in [-0.2, 0) is 5.88 Å². The normalized spacial score (nSPS) is 10.8. The summed E-state index contributed by atoms with van der Waals surface area (Å²) in [6.45, 7) is 0. The zero-order valence-electron chi connectivity index (χ0n) is 6.40. The van der Waals surface area contributed by atoms with Crippen molar-refractivity contribution in [1.29, 1.82) is 0 Å². The fourth-order valence-electron chi connectivity index (χ4n) is 0.826. The number of nitrogen functional groups attached to an aromatic ring is 1. The molecule has 0 fully saturated rings. The first-order valence-corrected chi connectivity index (χ1v) is 4.26. The molecular formula is C7H6Cl2F2N2. The zero-order chi connectivity index (χ0) is 10.0. The molecule has 0 saturated heterocycles. The van der Waals surface area contributed by atoms with Crippen molar-refractivity contribution < 1.29 is 8.78 Å². The number of nitrogens with two attached hydrogens (primary N) is 1. The lowest BCUT2D eigenvalue weighted by atomic mass is 10.2. The molecule has 0 aliphatic carbocycles. The van der Waals surface area contributed by atoms with Crippen LogP contribution in [0.25, 0.3) is 0 Å². The first-order valence-electron chi connectivity index (χ1n) is 3.35. The summed E-state index contributed by atoms with van der Waals surface area (Å²) in [5, 5.41) is 0.111. The first-order chi connectivity index (χ1) is 6.06. The van der Waals surface area contributed by atoms with Crippen molar-refractivity contribution in [1.82, 2.24) is 4.98 Å². The van der Waals surface area contributed by atoms with Crippen molar-refractivity contribution in [2.75, 3.05) is 5.73 Å². The molecule has 0 aliphatic rings. The number of nitrogens with zero attached hydrogens (tertiary/aromatic N) is 1. The van der Waals surface area contributed by atoms with Gasteiger partial charge in [-0.3, -0.25) is 0 Å². The predicted octanol–water partition coefficient (Wildman–Crippen LogP) is 2.99. The molecule has 0 aromatic carbocycles. The van der Waals surface area contributed by atoms with E-state index in [0.717, 1.165) is 6.07 Å². The van der Waals surface area contributed by atoms with E-state index in [2.05, 4.69) is 4.98 Å². The highest BCUT2D eigenvalue weighted by atomic mass is 35.5. The van der Waals surface area contributed by atoms with Crippen LogP contribution in [0, 0.1) is 0 Å². The highest BCUT2D eigenvalue weighted by Crippen LogP contribution is 2.28. The summed E-state index contributed by atoms with van der Waals surface area (Å²) in [4.78, 5) is 3.65. The van der Waals surface area contributed by atoms with Crippen LogP contribution >= 0.6 is 23.2 Å². The average molecular weight is 227 g/mol. The molecule has 0 unspecified atom stereocenters. The van der Waals surface area contributed by atoms with E-state index in [4.69, 9.17) is 28.9 Å². The molecule has 0 bridgehead atoms. The molecule has 6 heteroatoms. The van der Waals surface area contributed by atoms with Crippen molar-refractivity contribution in [3.8, 4) is 0 Å². The molecule has 0 aliphatic heterocycles. The van der Waals surface area contributed by atoms with Crippen LogP contribution in [0.3, 0.4) is 0 Å². The Labute approximate surface area is 83.7 Å². The lowest BCUT2D eigenvalue weighted by molar-refractivity contribution is 0.152. The van der Waals surface area contributed by atoms with E-state index in [1.807, 2.05) is 0 Å². The molecule has 13 heavy (non-hydrogen) atoms. The lowest BCUT2D eigenvalue weighted by Gasteiger charge is -2.06. The number of aromatic nitrogens is 1. The highest BCUT2D eigenvalue weighted by Gasteiger charge is 2.15. The second-order valence-corrected chi connectivity index (χ2v) is 3.00. The van der Waals surface area contributed by atoms with Crippen LogP contribution < -0.4 is 5.73 Å². The molecule has 0 spiro atoms. The molecular weight excluding hydrogens is 221 g/mol. The maximum absolute atomic E-state index is 12.2. The van der Waals surface area contributed by atoms with E-state index in [0.29, 0.717) is 5.69 Å². The molecule has 0 amide bonds. The van der Waals surface area contributed by atoms with Gasteiger partial charge < -0.3 is 5.73 Å². The van der Waals surface area contributed by atoms with E-state index in [1.165, 1.54) is 0 Å². The molecule has 1 aromatic rings. The van der Waals surface area contributed by atoms with Crippen molar-refractivity contribution in [3.05, 3.63) is 22.3 Å². The quantitative estimate of drug-likeness (QED) is 0.788. The average Bonchev–Trinajstić information content (AvgIpc) is 2.07. The van der Waals surface area contributed by atoms with E-state index in [1.54, 1.807) is 0 Å². The van der Waals surface area contributed by atoms with Gasteiger partial charge in [0.15, 0.2) is 0 Å². The molecule has 1 aromatic heterocycles. The van der Waals surface area contributed by atoms with Crippen molar-refractivity contribution >= 4 is 29.0 Å². The minimum Gasteiger partial charge on any atom is -0.383 e. The van der Waals surface area contributed by atoms with Crippen LogP contribution in [0.2, 0.25) is 5.02 Å². The third-order valence-electron chi connectivity index (χ3n) is 1.47. The van der Waals surface area contributed by atoms with Gasteiger partial charge in [-0.25, -0.2) is 13.8 Å². The smallest absolute Gasteiger partial charge is 0.267 e. The lowest BCUT2D eigenvalue weighted by Crippen LogP contribution is -2.01. The number of rotatable bonds is 2. The predicted molar refractivity (Wildman–Crippen MR) is 48.2 cm³/mol. The summed E-state index contributed by atoms with van der Waals surface area (Å²) in [5.74, 6) is -0.179. The van der Waals surface area contributed by atoms with E-state index >= 15 is 0 Å². The summed E-state index contributed by atoms with van der Waals surface area (Å²) in [6.07, 6.45) is -2.67. The Kier molecular flexibility index (Phi) is 3.27. The van der Waals surface area contributed by atoms with Crippen LogP contribution in [0.4, 0.5) is 14.6 Å². The molecule has 2 nitrogen and oxygen atoms in total. The van der Waals surface area contributed by atoms with Gasteiger partial charge in [0.05, 0.1) is 22.2 Å². The molecule has 2 N–H and O–H groups in total. The number of hydrogen-bond acceptors (Lipinski definition) is 2. The zero-order valence-corrected chi connectivity index (χ0v) is 7.91. The van der Waals surface area contributed by atoms with Gasteiger partial charge in [0.1, 0.15) is 5.82 Å². The summed E-state index contributed by atoms with van der Waals surface area (Å²) >= 11 is 11.1. The Bertz CT molecular complexity index is 318. The molecule has 0 radical (unpaired) electrons. The third kappa shape index (κ3) is 2.19. The van der Waals surface area contributed by atoms with Crippen LogP contribution in [0.5, 0.6) is 0 Å². The van der Waals surface area contributed by atoms with Crippen LogP contribution in [0.15, 0.2) is 6.07 Å². The Balaban J connectivity index is 3.20. The Morgan fingerprint density at radius 3 is 2.62 bits per heavy atom. The molecule has 1 rings (SSSR count). The number of pyridine rings is 1. The Morgan fingerprint density at radius 1 is 1.54 bits per heavy atom. The molecule has 0 saturated carbocycles. The maximum Gasteiger partial charge on any atom is 0.267 e. The van der Waals surface area contributed by atoms with Gasteiger partial charge in [-0.1, -0.05) is 11.6 Å². The minimum atomic E-state index is -2.67. The van der Waals surface area contributed by atoms with Crippen molar-refractivity contribution in [2.24, 2.45) is 0 Å². The summed E-state index contributed by atoms with van der Waals surface area (Å²) in [6, 6.07) is 1.09. The van der Waals surface area contributed by atoms with Gasteiger partial charge in [-0.15, -0.1) is 11.6 Å². The van der Waals surface area contributed by atoms with Gasteiger partial charge in [-0.2, -0.15) is 0 Å². The van der Waals surface area contributed by atoms with Crippen LogP contribution in [-0.4, -0.2) is 4.98 Å². The number of anilines is 1. The number of hydrogen-bond donors (Lipinski definition) is 1. The second-order valence-electron chi connectivity index (χ2n) is 2.33. The summed E-state index contributed by atoms with van der Waals surface area (Å²) in [7, 11) is 0. The standard InChI is InChI=1S/C7H6Cl2F2N2/c8-2-5-4(9)1-3(6(10)11)7(12)13-5/h1,6H,2H2,(H2,12,13). The van der Waals surface area contributed by atoms with Crippen molar-refractivity contribution in [2.45, 2.75) is 12.3 Å². The van der Waals surface area contributed by atoms with E-state index in [9.17, 15) is 8.78 Å². The minimum absolute atomic E-state index is 0.0482. The van der Waals surface area contributed by atoms with Gasteiger partial charge in [0.25, 0.3) is 6.43 Å². The van der Waals surface area contributed by atoms with Crippen LogP contribution in [0.1, 0.15) is 17.7 Å². The highest BCUT2D eigenvalue weighted by molar-refractivity contribution is 6.32. The first kappa shape index (κ1) is 10.5. The molecule has 72 valence electrons. The summed E-state index contributed by atoms with van der Waals surface area (Å²) in [5.41, 5.74) is 5.21. The summed E-state index contributed by atoms with van der Waals surface area (Å²) < 4.78 is 24.5. The number of halogens is 4. The van der Waals surface area contributed by atoms with E-state index < -0.39 is 6.43 Å². The topological polar surface area (TPSA) is 38.9 Å². The van der Waals surface area contributed by atoms with Crippen molar-refractivity contribution in [3.63, 3.8) is 0 Å². The van der Waals surface area contributed by atoms with Gasteiger partial charge in [-0.05, 0) is 6.07 Å². The van der Waals surface area contributed by atoms with Gasteiger partial charge >= 0.3 is 0 Å². The Hall–Kier alpha value is -0.610. The van der Waals surface area contributed by atoms with E-state index in [-0.39, 0.29) is 22.3 Å². The Morgan fingerprint density at radius 2 is 2.15 bits per heavy atom. The fourth-order valence-corrected chi connectivity index (χ4v) is 1.32. The molecule has 1 heterocycles.